The largest absolute Gasteiger partial charge is 0.370 e. The standard InChI is InChI=1S/C15H20FN5OS/c1-19(9-11-3-5-12(16)6-4-11)10-21-15(23)20(2)14(18-21)8-7-13(17)22/h3-6H,7-10H2,1-2H3,(H2,17,22). The minimum absolute atomic E-state index is 0.241. The highest BCUT2D eigenvalue weighted by atomic mass is 32.1. The number of rotatable bonds is 7. The molecule has 0 radical (unpaired) electrons. The van der Waals surface area contributed by atoms with E-state index in [1.165, 1.54) is 12.1 Å². The van der Waals surface area contributed by atoms with Gasteiger partial charge in [-0.2, -0.15) is 5.10 Å². The van der Waals surface area contributed by atoms with Gasteiger partial charge < -0.3 is 10.3 Å². The Bertz CT molecular complexity index is 737. The first kappa shape index (κ1) is 17.3. The summed E-state index contributed by atoms with van der Waals surface area (Å²) in [6.45, 7) is 1.15. The van der Waals surface area contributed by atoms with Gasteiger partial charge in [-0.3, -0.25) is 9.69 Å². The van der Waals surface area contributed by atoms with E-state index in [2.05, 4.69) is 5.10 Å². The monoisotopic (exact) mass is 337 g/mol. The third kappa shape index (κ3) is 4.70. The quantitative estimate of drug-likeness (QED) is 0.779. The van der Waals surface area contributed by atoms with Crippen molar-refractivity contribution in [3.63, 3.8) is 0 Å². The Labute approximate surface area is 139 Å². The van der Waals surface area contributed by atoms with Crippen LogP contribution >= 0.6 is 12.2 Å². The minimum Gasteiger partial charge on any atom is -0.370 e. The van der Waals surface area contributed by atoms with Crippen LogP contribution in [0.15, 0.2) is 24.3 Å². The summed E-state index contributed by atoms with van der Waals surface area (Å²) in [7, 11) is 3.75. The molecule has 0 saturated carbocycles. The van der Waals surface area contributed by atoms with Gasteiger partial charge in [0.15, 0.2) is 4.77 Å². The average Bonchev–Trinajstić information content (AvgIpc) is 2.75. The highest BCUT2D eigenvalue weighted by Crippen LogP contribution is 2.08. The van der Waals surface area contributed by atoms with Crippen molar-refractivity contribution >= 4 is 18.1 Å². The number of nitrogens with two attached hydrogens (primary N) is 1. The number of primary amides is 1. The molecule has 2 rings (SSSR count). The molecule has 0 atom stereocenters. The van der Waals surface area contributed by atoms with Gasteiger partial charge in [-0.1, -0.05) is 12.1 Å². The molecule has 0 spiro atoms. The van der Waals surface area contributed by atoms with Crippen molar-refractivity contribution in [3.8, 4) is 0 Å². The Morgan fingerprint density at radius 1 is 1.39 bits per heavy atom. The summed E-state index contributed by atoms with van der Waals surface area (Å²) in [5.74, 6) is 0.116. The fourth-order valence-corrected chi connectivity index (χ4v) is 2.46. The van der Waals surface area contributed by atoms with E-state index in [9.17, 15) is 9.18 Å². The fourth-order valence-electron chi connectivity index (χ4n) is 2.26. The Kier molecular flexibility index (Phi) is 5.62. The van der Waals surface area contributed by atoms with Crippen LogP contribution in [0.3, 0.4) is 0 Å². The normalized spacial score (nSPS) is 11.1. The maximum absolute atomic E-state index is 12.9. The first-order valence-corrected chi connectivity index (χ1v) is 7.61. The predicted octanol–water partition coefficient (Wildman–Crippen LogP) is 1.60. The third-order valence-electron chi connectivity index (χ3n) is 3.47. The highest BCUT2D eigenvalue weighted by molar-refractivity contribution is 7.71. The Balaban J connectivity index is 2.04. The summed E-state index contributed by atoms with van der Waals surface area (Å²) in [6, 6.07) is 6.39. The molecule has 0 saturated heterocycles. The van der Waals surface area contributed by atoms with Gasteiger partial charge in [0, 0.05) is 26.4 Å². The first-order chi connectivity index (χ1) is 10.9. The van der Waals surface area contributed by atoms with Crippen LogP contribution in [0.25, 0.3) is 0 Å². The van der Waals surface area contributed by atoms with Crippen LogP contribution in [0.5, 0.6) is 0 Å². The van der Waals surface area contributed by atoms with Gasteiger partial charge in [0.05, 0.1) is 6.67 Å². The highest BCUT2D eigenvalue weighted by Gasteiger charge is 2.10. The summed E-state index contributed by atoms with van der Waals surface area (Å²) < 4.78 is 17.0. The van der Waals surface area contributed by atoms with Crippen molar-refractivity contribution in [2.45, 2.75) is 26.1 Å². The second-order valence-corrected chi connectivity index (χ2v) is 5.87. The maximum Gasteiger partial charge on any atom is 0.217 e. The van der Waals surface area contributed by atoms with Crippen LogP contribution in [0.1, 0.15) is 17.8 Å². The lowest BCUT2D eigenvalue weighted by atomic mass is 10.2. The van der Waals surface area contributed by atoms with E-state index in [4.69, 9.17) is 18.0 Å². The molecular formula is C15H20FN5OS. The van der Waals surface area contributed by atoms with Crippen molar-refractivity contribution in [1.29, 1.82) is 0 Å². The number of hydrogen-bond acceptors (Lipinski definition) is 4. The molecule has 1 aromatic heterocycles. The zero-order chi connectivity index (χ0) is 17.0. The zero-order valence-corrected chi connectivity index (χ0v) is 14.0. The van der Waals surface area contributed by atoms with Crippen LogP contribution in [-0.4, -0.2) is 32.2 Å². The number of aryl methyl sites for hydroxylation is 1. The van der Waals surface area contributed by atoms with Crippen molar-refractivity contribution in [2.24, 2.45) is 12.8 Å². The Morgan fingerprint density at radius 2 is 2.04 bits per heavy atom. The second-order valence-electron chi connectivity index (χ2n) is 5.51. The van der Waals surface area contributed by atoms with Crippen molar-refractivity contribution in [3.05, 3.63) is 46.2 Å². The topological polar surface area (TPSA) is 69.1 Å². The number of nitrogens with zero attached hydrogens (tertiary/aromatic N) is 4. The molecule has 8 heteroatoms. The van der Waals surface area contributed by atoms with E-state index in [1.807, 2.05) is 19.0 Å². The molecule has 2 N–H and O–H groups in total. The number of carbonyl (C=O) groups excluding carboxylic acids is 1. The summed E-state index contributed by atoms with van der Waals surface area (Å²) in [5, 5.41) is 4.44. The molecule has 0 fully saturated rings. The van der Waals surface area contributed by atoms with E-state index in [0.29, 0.717) is 24.4 Å². The number of hydrogen-bond donors (Lipinski definition) is 1. The molecule has 0 bridgehead atoms. The maximum atomic E-state index is 12.9. The van der Waals surface area contributed by atoms with Crippen LogP contribution < -0.4 is 5.73 Å². The lowest BCUT2D eigenvalue weighted by Gasteiger charge is -2.16. The smallest absolute Gasteiger partial charge is 0.217 e. The fraction of sp³-hybridized carbons (Fsp3) is 0.400. The van der Waals surface area contributed by atoms with Crippen molar-refractivity contribution in [1.82, 2.24) is 19.2 Å². The van der Waals surface area contributed by atoms with Crippen LogP contribution in [0, 0.1) is 10.6 Å². The van der Waals surface area contributed by atoms with Gasteiger partial charge in [0.2, 0.25) is 5.91 Å². The summed E-state index contributed by atoms with van der Waals surface area (Å²) in [5.41, 5.74) is 6.17. The number of halogens is 1. The summed E-state index contributed by atoms with van der Waals surface area (Å²) in [6.07, 6.45) is 0.704. The van der Waals surface area contributed by atoms with E-state index < -0.39 is 0 Å². The van der Waals surface area contributed by atoms with E-state index in [-0.39, 0.29) is 18.1 Å². The minimum atomic E-state index is -0.362. The average molecular weight is 337 g/mol. The molecule has 1 amide bonds. The van der Waals surface area contributed by atoms with Crippen LogP contribution in [0.4, 0.5) is 4.39 Å². The van der Waals surface area contributed by atoms with Gasteiger partial charge in [0.1, 0.15) is 11.6 Å². The Hall–Kier alpha value is -2.06. The van der Waals surface area contributed by atoms with Gasteiger partial charge in [0.25, 0.3) is 0 Å². The second kappa shape index (κ2) is 7.47. The molecule has 1 heterocycles. The van der Waals surface area contributed by atoms with Gasteiger partial charge in [-0.15, -0.1) is 0 Å². The molecule has 0 aliphatic carbocycles. The first-order valence-electron chi connectivity index (χ1n) is 7.21. The molecule has 0 aliphatic heterocycles. The number of amides is 1. The zero-order valence-electron chi connectivity index (χ0n) is 13.2. The van der Waals surface area contributed by atoms with Crippen molar-refractivity contribution in [2.75, 3.05) is 7.05 Å². The van der Waals surface area contributed by atoms with E-state index in [0.717, 1.165) is 11.4 Å². The molecule has 0 aliphatic rings. The number of aromatic nitrogens is 3. The molecule has 6 nitrogen and oxygen atoms in total. The molecule has 1 aromatic carbocycles. The summed E-state index contributed by atoms with van der Waals surface area (Å²) >= 11 is 5.37. The Morgan fingerprint density at radius 3 is 2.65 bits per heavy atom. The molecule has 124 valence electrons. The van der Waals surface area contributed by atoms with Gasteiger partial charge >= 0.3 is 0 Å². The van der Waals surface area contributed by atoms with Crippen LogP contribution in [0.2, 0.25) is 0 Å². The number of benzene rings is 1. The van der Waals surface area contributed by atoms with Gasteiger partial charge in [-0.25, -0.2) is 9.07 Å². The third-order valence-corrected chi connectivity index (χ3v) is 3.95. The predicted molar refractivity (Wildman–Crippen MR) is 87.4 cm³/mol. The van der Waals surface area contributed by atoms with E-state index in [1.54, 1.807) is 21.4 Å². The van der Waals surface area contributed by atoms with Gasteiger partial charge in [-0.05, 0) is 37.0 Å². The molecule has 2 aromatic rings. The number of carbonyl (C=O) groups is 1. The molecular weight excluding hydrogens is 317 g/mol. The summed E-state index contributed by atoms with van der Waals surface area (Å²) in [4.78, 5) is 12.9. The van der Waals surface area contributed by atoms with E-state index >= 15 is 0 Å². The SMILES string of the molecule is CN(Cc1ccc(F)cc1)Cn1nc(CCC(N)=O)n(C)c1=S. The lowest BCUT2D eigenvalue weighted by molar-refractivity contribution is -0.118. The molecule has 23 heavy (non-hydrogen) atoms. The van der Waals surface area contributed by atoms with Crippen molar-refractivity contribution < 1.29 is 9.18 Å². The lowest BCUT2D eigenvalue weighted by Crippen LogP contribution is -2.22. The van der Waals surface area contributed by atoms with Crippen LogP contribution in [-0.2, 0) is 31.5 Å². The molecule has 0 unspecified atom stereocenters.